The van der Waals surface area contributed by atoms with Crippen LogP contribution in [0.3, 0.4) is 0 Å². The van der Waals surface area contributed by atoms with Gasteiger partial charge in [0, 0.05) is 23.8 Å². The van der Waals surface area contributed by atoms with Gasteiger partial charge < -0.3 is 11.5 Å². The predicted molar refractivity (Wildman–Crippen MR) is 113 cm³/mol. The van der Waals surface area contributed by atoms with E-state index in [2.05, 4.69) is 30.4 Å². The lowest BCUT2D eigenvalue weighted by molar-refractivity contribution is 1.20. The topological polar surface area (TPSA) is 127 Å². The molecule has 0 bridgehead atoms. The van der Waals surface area contributed by atoms with Gasteiger partial charge >= 0.3 is 0 Å². The summed E-state index contributed by atoms with van der Waals surface area (Å²) in [7, 11) is 0. The number of nitrogens with two attached hydrogens (primary N) is 2. The molecule has 0 saturated heterocycles. The molecule has 0 aliphatic heterocycles. The molecule has 4 aromatic rings. The third-order valence-corrected chi connectivity index (χ3v) is 5.48. The molecular weight excluding hydrogens is 392 g/mol. The fourth-order valence-corrected chi connectivity index (χ4v) is 3.67. The first-order valence-corrected chi connectivity index (χ1v) is 9.75. The Morgan fingerprint density at radius 1 is 0.571 bits per heavy atom. The van der Waals surface area contributed by atoms with Gasteiger partial charge in [0.1, 0.15) is 0 Å². The van der Waals surface area contributed by atoms with Crippen molar-refractivity contribution in [2.45, 2.75) is 0 Å². The summed E-state index contributed by atoms with van der Waals surface area (Å²) in [5, 5.41) is 17.8. The van der Waals surface area contributed by atoms with Gasteiger partial charge in [-0.25, -0.2) is 9.97 Å². The molecule has 0 spiro atoms. The number of nitrogens with zero attached hydrogens (tertiary/aromatic N) is 6. The van der Waals surface area contributed by atoms with Crippen molar-refractivity contribution in [1.82, 2.24) is 9.97 Å². The molecule has 0 unspecified atom stereocenters. The fourth-order valence-electron chi connectivity index (χ4n) is 2.13. The van der Waals surface area contributed by atoms with Crippen molar-refractivity contribution in [3.63, 3.8) is 0 Å². The van der Waals surface area contributed by atoms with E-state index in [9.17, 15) is 0 Å². The van der Waals surface area contributed by atoms with E-state index in [1.807, 2.05) is 0 Å². The molecule has 0 atom stereocenters. The van der Waals surface area contributed by atoms with Gasteiger partial charge in [0.15, 0.2) is 0 Å². The van der Waals surface area contributed by atoms with Crippen LogP contribution in [-0.2, 0) is 0 Å². The van der Waals surface area contributed by atoms with E-state index in [0.29, 0.717) is 33.0 Å². The third kappa shape index (κ3) is 4.42. The number of benzene rings is 2. The van der Waals surface area contributed by atoms with Crippen LogP contribution in [0.2, 0.25) is 0 Å². The van der Waals surface area contributed by atoms with Crippen molar-refractivity contribution < 1.29 is 0 Å². The van der Waals surface area contributed by atoms with Crippen LogP contribution >= 0.6 is 22.7 Å². The molecule has 0 radical (unpaired) electrons. The molecule has 0 saturated carbocycles. The molecule has 4 rings (SSSR count). The standard InChI is InChI=1S/C18H14N8S2/c19-11-1-5-13(6-2-11)23-25-17-21-9-15(27-17)16-10-22-18(28-16)26-24-14-7-3-12(20)4-8-14/h1-10H,19-20H2/b25-23+,26-24+. The largest absolute Gasteiger partial charge is 0.399 e. The van der Waals surface area contributed by atoms with Gasteiger partial charge in [-0.15, -0.1) is 20.5 Å². The molecule has 138 valence electrons. The van der Waals surface area contributed by atoms with Crippen LogP contribution in [0.4, 0.5) is 33.0 Å². The summed E-state index contributed by atoms with van der Waals surface area (Å²) >= 11 is 2.85. The Hall–Kier alpha value is -3.50. The van der Waals surface area contributed by atoms with Crippen LogP contribution < -0.4 is 11.5 Å². The van der Waals surface area contributed by atoms with E-state index in [0.717, 1.165) is 9.75 Å². The summed E-state index contributed by atoms with van der Waals surface area (Å²) in [6.07, 6.45) is 3.49. The second-order valence-electron chi connectivity index (χ2n) is 5.60. The average molecular weight is 407 g/mol. The second kappa shape index (κ2) is 8.03. The normalized spacial score (nSPS) is 11.6. The molecule has 2 heterocycles. The fraction of sp³-hybridized carbons (Fsp3) is 0. The number of hydrogen-bond acceptors (Lipinski definition) is 10. The highest BCUT2D eigenvalue weighted by Crippen LogP contribution is 2.37. The Labute approximate surface area is 168 Å². The van der Waals surface area contributed by atoms with Crippen molar-refractivity contribution in [3.8, 4) is 9.75 Å². The summed E-state index contributed by atoms with van der Waals surface area (Å²) < 4.78 is 0. The van der Waals surface area contributed by atoms with Crippen molar-refractivity contribution in [2.75, 3.05) is 11.5 Å². The first-order chi connectivity index (χ1) is 13.7. The number of aromatic nitrogens is 2. The maximum Gasteiger partial charge on any atom is 0.230 e. The zero-order chi connectivity index (χ0) is 19.3. The maximum absolute atomic E-state index is 5.66. The highest BCUT2D eigenvalue weighted by atomic mass is 32.1. The minimum atomic E-state index is 0.560. The van der Waals surface area contributed by atoms with Gasteiger partial charge in [-0.3, -0.25) is 0 Å². The summed E-state index contributed by atoms with van der Waals surface area (Å²) in [5.74, 6) is 0. The van der Waals surface area contributed by atoms with Crippen LogP contribution in [-0.4, -0.2) is 9.97 Å². The number of nitrogen functional groups attached to an aromatic ring is 2. The van der Waals surface area contributed by atoms with E-state index in [-0.39, 0.29) is 0 Å². The lowest BCUT2D eigenvalue weighted by atomic mass is 10.3. The Morgan fingerprint density at radius 3 is 1.36 bits per heavy atom. The Balaban J connectivity index is 1.45. The average Bonchev–Trinajstić information content (AvgIpc) is 3.36. The molecule has 28 heavy (non-hydrogen) atoms. The molecule has 10 heteroatoms. The molecule has 0 fully saturated rings. The number of hydrogen-bond donors (Lipinski definition) is 2. The lowest BCUT2D eigenvalue weighted by Crippen LogP contribution is -1.80. The Bertz CT molecular complexity index is 1040. The molecule has 0 aliphatic rings. The summed E-state index contributed by atoms with van der Waals surface area (Å²) in [5.41, 5.74) is 14.1. The molecule has 0 aliphatic carbocycles. The number of azo groups is 2. The van der Waals surface area contributed by atoms with E-state index < -0.39 is 0 Å². The second-order valence-corrected chi connectivity index (χ2v) is 7.62. The molecule has 0 amide bonds. The van der Waals surface area contributed by atoms with Crippen LogP contribution in [0.15, 0.2) is 81.4 Å². The highest BCUT2D eigenvalue weighted by Gasteiger charge is 2.08. The zero-order valence-corrected chi connectivity index (χ0v) is 16.1. The predicted octanol–water partition coefficient (Wildman–Crippen LogP) is 6.26. The zero-order valence-electron chi connectivity index (χ0n) is 14.4. The smallest absolute Gasteiger partial charge is 0.230 e. The van der Waals surface area contributed by atoms with Crippen LogP contribution in [0.1, 0.15) is 0 Å². The van der Waals surface area contributed by atoms with E-state index >= 15 is 0 Å². The molecule has 4 N–H and O–H groups in total. The first kappa shape index (κ1) is 17.9. The van der Waals surface area contributed by atoms with E-state index in [4.69, 9.17) is 11.5 Å². The van der Waals surface area contributed by atoms with Gasteiger partial charge in [-0.05, 0) is 48.5 Å². The van der Waals surface area contributed by atoms with E-state index in [1.165, 1.54) is 22.7 Å². The molecule has 2 aromatic heterocycles. The summed E-state index contributed by atoms with van der Waals surface area (Å²) in [4.78, 5) is 10.4. The molecule has 2 aromatic carbocycles. The van der Waals surface area contributed by atoms with Crippen LogP contribution in [0.5, 0.6) is 0 Å². The van der Waals surface area contributed by atoms with Gasteiger partial charge in [0.2, 0.25) is 10.3 Å². The van der Waals surface area contributed by atoms with Gasteiger partial charge in [0.05, 0.1) is 21.1 Å². The SMILES string of the molecule is Nc1ccc(/N=N/c2ncc(-c3cnc(/N=N/c4ccc(N)cc4)s3)s2)cc1. The molecule has 8 nitrogen and oxygen atoms in total. The van der Waals surface area contributed by atoms with Crippen molar-refractivity contribution in [3.05, 3.63) is 60.9 Å². The highest BCUT2D eigenvalue weighted by molar-refractivity contribution is 7.25. The maximum atomic E-state index is 5.66. The summed E-state index contributed by atoms with van der Waals surface area (Å²) in [6, 6.07) is 14.3. The van der Waals surface area contributed by atoms with E-state index in [1.54, 1.807) is 60.9 Å². The Morgan fingerprint density at radius 2 is 0.964 bits per heavy atom. The summed E-state index contributed by atoms with van der Waals surface area (Å²) in [6.45, 7) is 0. The quantitative estimate of drug-likeness (QED) is 0.299. The number of thiazole rings is 2. The minimum Gasteiger partial charge on any atom is -0.399 e. The van der Waals surface area contributed by atoms with Gasteiger partial charge in [0.25, 0.3) is 0 Å². The number of anilines is 2. The lowest BCUT2D eigenvalue weighted by Gasteiger charge is -1.92. The third-order valence-electron chi connectivity index (χ3n) is 3.52. The first-order valence-electron chi connectivity index (χ1n) is 8.12. The Kier molecular flexibility index (Phi) is 5.13. The van der Waals surface area contributed by atoms with Crippen molar-refractivity contribution >= 4 is 55.7 Å². The van der Waals surface area contributed by atoms with Crippen LogP contribution in [0, 0.1) is 0 Å². The monoisotopic (exact) mass is 406 g/mol. The van der Waals surface area contributed by atoms with Crippen LogP contribution in [0.25, 0.3) is 9.75 Å². The van der Waals surface area contributed by atoms with Gasteiger partial charge in [-0.2, -0.15) is 0 Å². The number of rotatable bonds is 5. The van der Waals surface area contributed by atoms with Gasteiger partial charge in [-0.1, -0.05) is 22.7 Å². The van der Waals surface area contributed by atoms with Crippen molar-refractivity contribution in [2.24, 2.45) is 20.5 Å². The van der Waals surface area contributed by atoms with Crippen molar-refractivity contribution in [1.29, 1.82) is 0 Å². The molecular formula is C18H14N8S2. The minimum absolute atomic E-state index is 0.560.